The molecule has 0 bridgehead atoms. The van der Waals surface area contributed by atoms with Gasteiger partial charge in [-0.2, -0.15) is 0 Å². The first kappa shape index (κ1) is 20.7. The van der Waals surface area contributed by atoms with Crippen LogP contribution in [-0.4, -0.2) is 48.9 Å². The highest BCUT2D eigenvalue weighted by molar-refractivity contribution is 5.81. The van der Waals surface area contributed by atoms with E-state index in [9.17, 15) is 9.59 Å². The van der Waals surface area contributed by atoms with E-state index in [2.05, 4.69) is 10.3 Å². The van der Waals surface area contributed by atoms with Gasteiger partial charge in [0.15, 0.2) is 11.5 Å². The number of rotatable bonds is 10. The lowest BCUT2D eigenvalue weighted by atomic mass is 10.2. The molecule has 27 heavy (non-hydrogen) atoms. The van der Waals surface area contributed by atoms with Gasteiger partial charge in [-0.3, -0.25) is 14.2 Å². The minimum atomic E-state index is -0.223. The van der Waals surface area contributed by atoms with Gasteiger partial charge in [0, 0.05) is 32.2 Å². The molecule has 0 aliphatic carbocycles. The van der Waals surface area contributed by atoms with E-state index in [4.69, 9.17) is 14.2 Å². The Labute approximate surface area is 158 Å². The molecule has 0 saturated carbocycles. The largest absolute Gasteiger partial charge is 0.493 e. The Morgan fingerprint density at radius 2 is 1.93 bits per heavy atom. The van der Waals surface area contributed by atoms with Crippen LogP contribution in [0.25, 0.3) is 10.9 Å². The van der Waals surface area contributed by atoms with Crippen LogP contribution in [0.5, 0.6) is 11.5 Å². The van der Waals surface area contributed by atoms with Crippen LogP contribution in [0.1, 0.15) is 26.7 Å². The molecule has 0 aliphatic rings. The summed E-state index contributed by atoms with van der Waals surface area (Å²) in [6, 6.07) is 3.26. The molecule has 0 spiro atoms. The molecule has 0 saturated heterocycles. The molecule has 1 N–H and O–H groups in total. The van der Waals surface area contributed by atoms with Gasteiger partial charge in [0.05, 0.1) is 37.6 Å². The molecule has 1 heterocycles. The second-order valence-corrected chi connectivity index (χ2v) is 6.34. The predicted molar refractivity (Wildman–Crippen MR) is 102 cm³/mol. The highest BCUT2D eigenvalue weighted by atomic mass is 16.5. The summed E-state index contributed by atoms with van der Waals surface area (Å²) in [6.07, 6.45) is 2.58. The maximum absolute atomic E-state index is 12.7. The molecule has 0 fully saturated rings. The molecule has 148 valence electrons. The number of aromatic nitrogens is 2. The van der Waals surface area contributed by atoms with E-state index in [1.165, 1.54) is 25.1 Å². The van der Waals surface area contributed by atoms with E-state index in [-0.39, 0.29) is 30.5 Å². The fraction of sp³-hybridized carbons (Fsp3) is 0.526. The molecule has 1 aromatic heterocycles. The molecule has 0 radical (unpaired) electrons. The van der Waals surface area contributed by atoms with Crippen molar-refractivity contribution in [1.29, 1.82) is 0 Å². The standard InChI is InChI=1S/C19H27N3O5/c1-13(2)27-9-5-7-20-18(23)6-8-22-12-21-15-11-17(26-4)16(25-3)10-14(15)19(22)24/h10-13H,5-9H2,1-4H3,(H,20,23). The minimum absolute atomic E-state index is 0.112. The third-order valence-corrected chi connectivity index (χ3v) is 4.00. The van der Waals surface area contributed by atoms with Gasteiger partial charge in [-0.1, -0.05) is 0 Å². The summed E-state index contributed by atoms with van der Waals surface area (Å²) in [4.78, 5) is 28.9. The summed E-state index contributed by atoms with van der Waals surface area (Å²) in [6.45, 7) is 5.36. The van der Waals surface area contributed by atoms with Crippen LogP contribution in [-0.2, 0) is 16.1 Å². The van der Waals surface area contributed by atoms with Gasteiger partial charge in [-0.25, -0.2) is 4.98 Å². The number of aryl methyl sites for hydroxylation is 1. The molecule has 0 unspecified atom stereocenters. The van der Waals surface area contributed by atoms with Gasteiger partial charge in [0.1, 0.15) is 0 Å². The maximum Gasteiger partial charge on any atom is 0.261 e. The summed E-state index contributed by atoms with van der Waals surface area (Å²) >= 11 is 0. The topological polar surface area (TPSA) is 91.7 Å². The number of fused-ring (bicyclic) bond motifs is 1. The van der Waals surface area contributed by atoms with Crippen LogP contribution >= 0.6 is 0 Å². The van der Waals surface area contributed by atoms with Gasteiger partial charge < -0.3 is 19.5 Å². The molecule has 8 heteroatoms. The van der Waals surface area contributed by atoms with Crippen LogP contribution in [0, 0.1) is 0 Å². The number of benzene rings is 1. The van der Waals surface area contributed by atoms with Crippen molar-refractivity contribution in [2.75, 3.05) is 27.4 Å². The zero-order valence-corrected chi connectivity index (χ0v) is 16.3. The SMILES string of the molecule is COc1cc2ncn(CCC(=O)NCCCOC(C)C)c(=O)c2cc1OC. The van der Waals surface area contributed by atoms with Crippen LogP contribution in [0.15, 0.2) is 23.3 Å². The molecule has 0 aliphatic heterocycles. The highest BCUT2D eigenvalue weighted by Gasteiger charge is 2.11. The molecule has 2 aromatic rings. The zero-order chi connectivity index (χ0) is 19.8. The van der Waals surface area contributed by atoms with Gasteiger partial charge >= 0.3 is 0 Å². The van der Waals surface area contributed by atoms with Crippen molar-refractivity contribution >= 4 is 16.8 Å². The molecule has 0 atom stereocenters. The van der Waals surface area contributed by atoms with Crippen molar-refractivity contribution in [1.82, 2.24) is 14.9 Å². The maximum atomic E-state index is 12.7. The Hall–Kier alpha value is -2.61. The van der Waals surface area contributed by atoms with E-state index in [0.717, 1.165) is 6.42 Å². The fourth-order valence-electron chi connectivity index (χ4n) is 2.57. The first-order valence-corrected chi connectivity index (χ1v) is 8.95. The average molecular weight is 377 g/mol. The van der Waals surface area contributed by atoms with E-state index in [1.54, 1.807) is 12.1 Å². The summed E-state index contributed by atoms with van der Waals surface area (Å²) < 4.78 is 17.3. The van der Waals surface area contributed by atoms with Gasteiger partial charge in [-0.05, 0) is 26.3 Å². The van der Waals surface area contributed by atoms with Crippen LogP contribution < -0.4 is 20.3 Å². The number of methoxy groups -OCH3 is 2. The smallest absolute Gasteiger partial charge is 0.261 e. The monoisotopic (exact) mass is 377 g/mol. The van der Waals surface area contributed by atoms with Gasteiger partial charge in [-0.15, -0.1) is 0 Å². The Morgan fingerprint density at radius 3 is 2.59 bits per heavy atom. The lowest BCUT2D eigenvalue weighted by Gasteiger charge is -2.11. The lowest BCUT2D eigenvalue weighted by molar-refractivity contribution is -0.121. The molecule has 1 amide bonds. The number of nitrogens with one attached hydrogen (secondary N) is 1. The first-order valence-electron chi connectivity index (χ1n) is 8.95. The summed E-state index contributed by atoms with van der Waals surface area (Å²) in [5, 5.41) is 3.24. The number of carbonyl (C=O) groups excluding carboxylic acids is 1. The third-order valence-electron chi connectivity index (χ3n) is 4.00. The second-order valence-electron chi connectivity index (χ2n) is 6.34. The van der Waals surface area contributed by atoms with Crippen LogP contribution in [0.4, 0.5) is 0 Å². The Balaban J connectivity index is 1.97. The van der Waals surface area contributed by atoms with Crippen molar-refractivity contribution in [2.45, 2.75) is 39.3 Å². The molecule has 2 rings (SSSR count). The number of amides is 1. The third kappa shape index (κ3) is 5.68. The second kappa shape index (κ2) is 9.91. The zero-order valence-electron chi connectivity index (χ0n) is 16.3. The van der Waals surface area contributed by atoms with Crippen molar-refractivity contribution in [3.63, 3.8) is 0 Å². The first-order chi connectivity index (χ1) is 13.0. The van der Waals surface area contributed by atoms with Crippen LogP contribution in [0.3, 0.4) is 0 Å². The quantitative estimate of drug-likeness (QED) is 0.634. The number of ether oxygens (including phenoxy) is 3. The van der Waals surface area contributed by atoms with E-state index < -0.39 is 0 Å². The van der Waals surface area contributed by atoms with E-state index in [0.29, 0.717) is 35.6 Å². The molecular weight excluding hydrogens is 350 g/mol. The normalized spacial score (nSPS) is 11.0. The summed E-state index contributed by atoms with van der Waals surface area (Å²) in [7, 11) is 3.04. The molecule has 1 aromatic carbocycles. The van der Waals surface area contributed by atoms with Crippen molar-refractivity contribution in [2.24, 2.45) is 0 Å². The Morgan fingerprint density at radius 1 is 1.22 bits per heavy atom. The predicted octanol–water partition coefficient (Wildman–Crippen LogP) is 1.74. The van der Waals surface area contributed by atoms with Crippen molar-refractivity contribution < 1.29 is 19.0 Å². The Bertz CT molecular complexity index is 832. The van der Waals surface area contributed by atoms with Gasteiger partial charge in [0.25, 0.3) is 5.56 Å². The lowest BCUT2D eigenvalue weighted by Crippen LogP contribution is -2.28. The number of hydrogen-bond donors (Lipinski definition) is 1. The van der Waals surface area contributed by atoms with E-state index in [1.807, 2.05) is 13.8 Å². The van der Waals surface area contributed by atoms with Gasteiger partial charge in [0.2, 0.25) is 5.91 Å². The molecular formula is C19H27N3O5. The fourth-order valence-corrected chi connectivity index (χ4v) is 2.57. The average Bonchev–Trinajstić information content (AvgIpc) is 2.66. The van der Waals surface area contributed by atoms with E-state index >= 15 is 0 Å². The number of nitrogens with zero attached hydrogens (tertiary/aromatic N) is 2. The van der Waals surface area contributed by atoms with Crippen LogP contribution in [0.2, 0.25) is 0 Å². The Kier molecular flexibility index (Phi) is 7.60. The minimum Gasteiger partial charge on any atom is -0.493 e. The summed E-state index contributed by atoms with van der Waals surface area (Å²) in [5.41, 5.74) is 0.294. The number of carbonyl (C=O) groups is 1. The molecule has 8 nitrogen and oxygen atoms in total. The number of hydrogen-bond acceptors (Lipinski definition) is 6. The van der Waals surface area contributed by atoms with Crippen molar-refractivity contribution in [3.8, 4) is 11.5 Å². The highest BCUT2D eigenvalue weighted by Crippen LogP contribution is 2.29. The van der Waals surface area contributed by atoms with Crippen molar-refractivity contribution in [3.05, 3.63) is 28.8 Å². The summed E-state index contributed by atoms with van der Waals surface area (Å²) in [5.74, 6) is 0.859.